The molecule has 110 valence electrons. The maximum atomic E-state index is 12.3. The molecular weight excluding hydrogens is 274 g/mol. The number of carbonyl (C=O) groups is 1. The summed E-state index contributed by atoms with van der Waals surface area (Å²) in [5.74, 6) is 0.0470. The standard InChI is InChI=1S/C15H22ClN3O/c1-3-15(2,17)14(20)19-9-7-18(8-10-19)13-6-4-5-12(16)11-13/h4-6,11H,3,7-10,17H2,1-2H3. The summed E-state index contributed by atoms with van der Waals surface area (Å²) in [5.41, 5.74) is 6.39. The molecule has 1 aromatic rings. The van der Waals surface area contributed by atoms with Gasteiger partial charge in [0.1, 0.15) is 0 Å². The van der Waals surface area contributed by atoms with E-state index in [1.54, 1.807) is 6.92 Å². The van der Waals surface area contributed by atoms with Crippen molar-refractivity contribution >= 4 is 23.2 Å². The molecule has 0 spiro atoms. The number of anilines is 1. The quantitative estimate of drug-likeness (QED) is 0.929. The zero-order chi connectivity index (χ0) is 14.8. The van der Waals surface area contributed by atoms with E-state index in [1.807, 2.05) is 36.1 Å². The summed E-state index contributed by atoms with van der Waals surface area (Å²) in [5, 5.41) is 0.738. The topological polar surface area (TPSA) is 49.6 Å². The number of carbonyl (C=O) groups excluding carboxylic acids is 1. The smallest absolute Gasteiger partial charge is 0.242 e. The van der Waals surface area contributed by atoms with Crippen molar-refractivity contribution in [2.45, 2.75) is 25.8 Å². The van der Waals surface area contributed by atoms with Gasteiger partial charge in [0.25, 0.3) is 0 Å². The summed E-state index contributed by atoms with van der Waals surface area (Å²) >= 11 is 6.01. The van der Waals surface area contributed by atoms with Crippen molar-refractivity contribution in [1.82, 2.24) is 4.90 Å². The van der Waals surface area contributed by atoms with Crippen LogP contribution < -0.4 is 10.6 Å². The number of hydrogen-bond acceptors (Lipinski definition) is 3. The second kappa shape index (κ2) is 6.02. The van der Waals surface area contributed by atoms with Gasteiger partial charge in [-0.25, -0.2) is 0 Å². The van der Waals surface area contributed by atoms with Crippen LogP contribution in [0.15, 0.2) is 24.3 Å². The molecule has 5 heteroatoms. The van der Waals surface area contributed by atoms with Crippen LogP contribution in [0.3, 0.4) is 0 Å². The zero-order valence-corrected chi connectivity index (χ0v) is 12.9. The molecule has 4 nitrogen and oxygen atoms in total. The van der Waals surface area contributed by atoms with Crippen LogP contribution in [0.2, 0.25) is 5.02 Å². The van der Waals surface area contributed by atoms with Crippen LogP contribution in [0.4, 0.5) is 5.69 Å². The fourth-order valence-corrected chi connectivity index (χ4v) is 2.54. The molecule has 20 heavy (non-hydrogen) atoms. The van der Waals surface area contributed by atoms with Crippen molar-refractivity contribution in [2.75, 3.05) is 31.1 Å². The molecule has 2 rings (SSSR count). The summed E-state index contributed by atoms with van der Waals surface area (Å²) in [4.78, 5) is 16.4. The Kier molecular flexibility index (Phi) is 4.55. The van der Waals surface area contributed by atoms with E-state index in [0.29, 0.717) is 19.5 Å². The first-order valence-electron chi connectivity index (χ1n) is 7.03. The van der Waals surface area contributed by atoms with Gasteiger partial charge in [-0.15, -0.1) is 0 Å². The summed E-state index contributed by atoms with van der Waals surface area (Å²) in [7, 11) is 0. The Morgan fingerprint density at radius 1 is 1.35 bits per heavy atom. The fourth-order valence-electron chi connectivity index (χ4n) is 2.35. The Morgan fingerprint density at radius 3 is 2.55 bits per heavy atom. The van der Waals surface area contributed by atoms with Gasteiger partial charge in [0.05, 0.1) is 5.54 Å². The van der Waals surface area contributed by atoms with Crippen LogP contribution in [0.5, 0.6) is 0 Å². The van der Waals surface area contributed by atoms with Crippen molar-refractivity contribution in [2.24, 2.45) is 5.73 Å². The molecular formula is C15H22ClN3O. The third kappa shape index (κ3) is 3.25. The van der Waals surface area contributed by atoms with Crippen LogP contribution in [0.25, 0.3) is 0 Å². The van der Waals surface area contributed by atoms with Gasteiger partial charge in [-0.1, -0.05) is 24.6 Å². The molecule has 0 bridgehead atoms. The lowest BCUT2D eigenvalue weighted by molar-refractivity contribution is -0.136. The maximum absolute atomic E-state index is 12.3. The largest absolute Gasteiger partial charge is 0.368 e. The van der Waals surface area contributed by atoms with E-state index in [-0.39, 0.29) is 5.91 Å². The second-order valence-electron chi connectivity index (χ2n) is 5.53. The molecule has 1 aromatic carbocycles. The number of hydrogen-bond donors (Lipinski definition) is 1. The van der Waals surface area contributed by atoms with Gasteiger partial charge in [0, 0.05) is 36.9 Å². The molecule has 0 saturated carbocycles. The number of piperazine rings is 1. The molecule has 1 aliphatic heterocycles. The van der Waals surface area contributed by atoms with Crippen molar-refractivity contribution in [1.29, 1.82) is 0 Å². The number of nitrogens with zero attached hydrogens (tertiary/aromatic N) is 2. The maximum Gasteiger partial charge on any atom is 0.242 e. The van der Waals surface area contributed by atoms with E-state index < -0.39 is 5.54 Å². The van der Waals surface area contributed by atoms with Crippen molar-refractivity contribution in [3.63, 3.8) is 0 Å². The van der Waals surface area contributed by atoms with Crippen LogP contribution in [-0.4, -0.2) is 42.5 Å². The summed E-state index contributed by atoms with van der Waals surface area (Å²) in [6.45, 7) is 6.78. The molecule has 1 heterocycles. The predicted octanol–water partition coefficient (Wildman–Crippen LogP) is 2.12. The Balaban J connectivity index is 1.98. The van der Waals surface area contributed by atoms with Crippen molar-refractivity contribution in [3.8, 4) is 0 Å². The number of rotatable bonds is 3. The number of benzene rings is 1. The van der Waals surface area contributed by atoms with Crippen molar-refractivity contribution < 1.29 is 4.79 Å². The average molecular weight is 296 g/mol. The van der Waals surface area contributed by atoms with Crippen LogP contribution in [-0.2, 0) is 4.79 Å². The average Bonchev–Trinajstić information content (AvgIpc) is 2.46. The minimum atomic E-state index is -0.752. The van der Waals surface area contributed by atoms with E-state index in [9.17, 15) is 4.79 Å². The molecule has 1 amide bonds. The van der Waals surface area contributed by atoms with Crippen molar-refractivity contribution in [3.05, 3.63) is 29.3 Å². The van der Waals surface area contributed by atoms with E-state index in [1.165, 1.54) is 0 Å². The molecule has 1 atom stereocenters. The SMILES string of the molecule is CCC(C)(N)C(=O)N1CCN(c2cccc(Cl)c2)CC1. The number of amides is 1. The van der Waals surface area contributed by atoms with E-state index in [2.05, 4.69) is 4.90 Å². The lowest BCUT2D eigenvalue weighted by Crippen LogP contribution is -2.58. The first kappa shape index (κ1) is 15.1. The monoisotopic (exact) mass is 295 g/mol. The van der Waals surface area contributed by atoms with E-state index in [0.717, 1.165) is 23.8 Å². The number of nitrogens with two attached hydrogens (primary N) is 1. The number of halogens is 1. The van der Waals surface area contributed by atoms with Gasteiger partial charge in [0.2, 0.25) is 5.91 Å². The highest BCUT2D eigenvalue weighted by Crippen LogP contribution is 2.21. The normalized spacial score (nSPS) is 18.8. The first-order valence-corrected chi connectivity index (χ1v) is 7.40. The highest BCUT2D eigenvalue weighted by atomic mass is 35.5. The molecule has 0 aromatic heterocycles. The molecule has 0 aliphatic carbocycles. The van der Waals surface area contributed by atoms with Crippen LogP contribution in [0, 0.1) is 0 Å². The third-order valence-corrected chi connectivity index (χ3v) is 4.20. The van der Waals surface area contributed by atoms with Gasteiger partial charge in [-0.2, -0.15) is 0 Å². The Morgan fingerprint density at radius 2 is 2.00 bits per heavy atom. The van der Waals surface area contributed by atoms with Gasteiger partial charge in [-0.05, 0) is 31.5 Å². The lowest BCUT2D eigenvalue weighted by atomic mass is 9.98. The highest BCUT2D eigenvalue weighted by Gasteiger charge is 2.32. The van der Waals surface area contributed by atoms with Gasteiger partial charge in [-0.3, -0.25) is 4.79 Å². The van der Waals surface area contributed by atoms with Gasteiger partial charge >= 0.3 is 0 Å². The first-order chi connectivity index (χ1) is 9.44. The second-order valence-corrected chi connectivity index (χ2v) is 5.97. The molecule has 0 radical (unpaired) electrons. The summed E-state index contributed by atoms with van der Waals surface area (Å²) in [6, 6.07) is 7.82. The Bertz CT molecular complexity index is 482. The van der Waals surface area contributed by atoms with Gasteiger partial charge < -0.3 is 15.5 Å². The molecule has 2 N–H and O–H groups in total. The lowest BCUT2D eigenvalue weighted by Gasteiger charge is -2.39. The molecule has 1 fully saturated rings. The van der Waals surface area contributed by atoms with E-state index in [4.69, 9.17) is 17.3 Å². The Labute approximate surface area is 125 Å². The summed E-state index contributed by atoms with van der Waals surface area (Å²) in [6.07, 6.45) is 0.653. The Hall–Kier alpha value is -1.26. The molecule has 1 saturated heterocycles. The predicted molar refractivity (Wildman–Crippen MR) is 83.1 cm³/mol. The van der Waals surface area contributed by atoms with Crippen LogP contribution >= 0.6 is 11.6 Å². The molecule has 1 unspecified atom stereocenters. The minimum Gasteiger partial charge on any atom is -0.368 e. The van der Waals surface area contributed by atoms with Gasteiger partial charge in [0.15, 0.2) is 0 Å². The van der Waals surface area contributed by atoms with Crippen LogP contribution in [0.1, 0.15) is 20.3 Å². The fraction of sp³-hybridized carbons (Fsp3) is 0.533. The summed E-state index contributed by atoms with van der Waals surface area (Å²) < 4.78 is 0. The van der Waals surface area contributed by atoms with E-state index >= 15 is 0 Å². The highest BCUT2D eigenvalue weighted by molar-refractivity contribution is 6.30. The minimum absolute atomic E-state index is 0.0470. The third-order valence-electron chi connectivity index (χ3n) is 3.96. The molecule has 1 aliphatic rings. The zero-order valence-electron chi connectivity index (χ0n) is 12.1.